The molecule has 0 aliphatic carbocycles. The third kappa shape index (κ3) is 4.99. The van der Waals surface area contributed by atoms with Crippen LogP contribution in [0.1, 0.15) is 11.1 Å². The van der Waals surface area contributed by atoms with Crippen LogP contribution < -0.4 is 0 Å². The summed E-state index contributed by atoms with van der Waals surface area (Å²) in [5.41, 5.74) is 3.25. The van der Waals surface area contributed by atoms with Gasteiger partial charge in [0.15, 0.2) is 5.16 Å². The minimum Gasteiger partial charge on any atom is -0.395 e. The van der Waals surface area contributed by atoms with Gasteiger partial charge in [-0.05, 0) is 24.1 Å². The van der Waals surface area contributed by atoms with Crippen molar-refractivity contribution in [3.05, 3.63) is 78.1 Å². The lowest BCUT2D eigenvalue weighted by atomic mass is 10.2. The molecule has 0 radical (unpaired) electrons. The van der Waals surface area contributed by atoms with Gasteiger partial charge in [0.2, 0.25) is 5.91 Å². The number of thioether (sulfide) groups is 1. The van der Waals surface area contributed by atoms with Crippen molar-refractivity contribution in [3.8, 4) is 5.69 Å². The van der Waals surface area contributed by atoms with E-state index < -0.39 is 0 Å². The number of rotatable bonds is 8. The number of hydrogen-bond acceptors (Lipinski definition) is 4. The summed E-state index contributed by atoms with van der Waals surface area (Å²) in [6.45, 7) is 2.81. The Morgan fingerprint density at radius 1 is 1.15 bits per heavy atom. The van der Waals surface area contributed by atoms with Gasteiger partial charge in [-0.3, -0.25) is 9.36 Å². The van der Waals surface area contributed by atoms with E-state index >= 15 is 0 Å². The summed E-state index contributed by atoms with van der Waals surface area (Å²) >= 11 is 1.41. The van der Waals surface area contributed by atoms with Crippen molar-refractivity contribution in [2.75, 3.05) is 18.9 Å². The average molecular weight is 382 g/mol. The van der Waals surface area contributed by atoms with Crippen LogP contribution in [-0.2, 0) is 11.3 Å². The number of aromatic nitrogens is 2. The first-order valence-electron chi connectivity index (χ1n) is 8.83. The number of nitrogens with zero attached hydrogens (tertiary/aromatic N) is 3. The minimum atomic E-state index is -0.0545. The first kappa shape index (κ1) is 19.2. The Labute approximate surface area is 163 Å². The van der Waals surface area contributed by atoms with Gasteiger partial charge in [-0.15, -0.1) is 0 Å². The number of benzene rings is 2. The Bertz CT molecular complexity index is 880. The smallest absolute Gasteiger partial charge is 0.233 e. The number of para-hydroxylation sites is 1. The Morgan fingerprint density at radius 2 is 1.89 bits per heavy atom. The third-order valence-corrected chi connectivity index (χ3v) is 5.20. The lowest BCUT2D eigenvalue weighted by Gasteiger charge is -2.22. The predicted molar refractivity (Wildman–Crippen MR) is 108 cm³/mol. The summed E-state index contributed by atoms with van der Waals surface area (Å²) in [5.74, 6) is 0.257. The quantitative estimate of drug-likeness (QED) is 0.608. The van der Waals surface area contributed by atoms with E-state index in [1.807, 2.05) is 59.3 Å². The number of hydrogen-bond donors (Lipinski definition) is 1. The lowest BCUT2D eigenvalue weighted by molar-refractivity contribution is -0.129. The fourth-order valence-corrected chi connectivity index (χ4v) is 3.72. The first-order chi connectivity index (χ1) is 13.2. The summed E-state index contributed by atoms with van der Waals surface area (Å²) in [5, 5.41) is 10.1. The molecule has 0 saturated heterocycles. The van der Waals surface area contributed by atoms with E-state index in [1.165, 1.54) is 11.8 Å². The van der Waals surface area contributed by atoms with E-state index in [0.29, 0.717) is 13.1 Å². The average Bonchev–Trinajstić information content (AvgIpc) is 3.15. The topological polar surface area (TPSA) is 58.4 Å². The molecule has 0 unspecified atom stereocenters. The molecule has 140 valence electrons. The van der Waals surface area contributed by atoms with Gasteiger partial charge in [0, 0.05) is 25.5 Å². The molecule has 1 N–H and O–H groups in total. The zero-order valence-corrected chi connectivity index (χ0v) is 16.1. The molecule has 0 fully saturated rings. The van der Waals surface area contributed by atoms with Crippen molar-refractivity contribution in [2.24, 2.45) is 0 Å². The molecular weight excluding hydrogens is 358 g/mol. The normalized spacial score (nSPS) is 10.7. The lowest BCUT2D eigenvalue weighted by Crippen LogP contribution is -2.34. The standard InChI is InChI=1S/C21H23N3O2S/c1-17-7-5-6-10-19(17)24-12-11-22-21(24)27-16-20(26)23(13-14-25)15-18-8-3-2-4-9-18/h2-12,25H,13-16H2,1H3. The minimum absolute atomic E-state index is 0.0164. The van der Waals surface area contributed by atoms with Crippen LogP contribution >= 0.6 is 11.8 Å². The highest BCUT2D eigenvalue weighted by Crippen LogP contribution is 2.23. The van der Waals surface area contributed by atoms with Crippen LogP contribution in [0.4, 0.5) is 0 Å². The highest BCUT2D eigenvalue weighted by atomic mass is 32.2. The molecule has 1 amide bonds. The molecule has 0 spiro atoms. The molecule has 0 aliphatic rings. The number of aliphatic hydroxyl groups excluding tert-OH is 1. The molecule has 3 rings (SSSR count). The second-order valence-corrected chi connectivity index (χ2v) is 7.12. The van der Waals surface area contributed by atoms with Crippen LogP contribution in [0.2, 0.25) is 0 Å². The van der Waals surface area contributed by atoms with Crippen molar-refractivity contribution in [1.29, 1.82) is 0 Å². The number of amides is 1. The number of carbonyl (C=O) groups is 1. The van der Waals surface area contributed by atoms with Crippen LogP contribution in [0.5, 0.6) is 0 Å². The maximum absolute atomic E-state index is 12.7. The zero-order valence-electron chi connectivity index (χ0n) is 15.3. The highest BCUT2D eigenvalue weighted by Gasteiger charge is 2.16. The summed E-state index contributed by atoms with van der Waals surface area (Å²) in [6, 6.07) is 17.9. The van der Waals surface area contributed by atoms with Crippen molar-refractivity contribution in [1.82, 2.24) is 14.5 Å². The summed E-state index contributed by atoms with van der Waals surface area (Å²) in [4.78, 5) is 18.8. The van der Waals surface area contributed by atoms with Crippen LogP contribution in [0.3, 0.4) is 0 Å². The zero-order chi connectivity index (χ0) is 19.1. The molecule has 2 aromatic carbocycles. The van der Waals surface area contributed by atoms with Crippen LogP contribution in [0, 0.1) is 6.92 Å². The van der Waals surface area contributed by atoms with E-state index in [2.05, 4.69) is 18.0 Å². The largest absolute Gasteiger partial charge is 0.395 e. The van der Waals surface area contributed by atoms with Gasteiger partial charge in [-0.2, -0.15) is 0 Å². The van der Waals surface area contributed by atoms with E-state index in [0.717, 1.165) is 22.0 Å². The molecule has 0 aliphatic heterocycles. The molecule has 3 aromatic rings. The van der Waals surface area contributed by atoms with Crippen molar-refractivity contribution < 1.29 is 9.90 Å². The van der Waals surface area contributed by atoms with Crippen molar-refractivity contribution in [3.63, 3.8) is 0 Å². The molecule has 1 aromatic heterocycles. The van der Waals surface area contributed by atoms with Crippen molar-refractivity contribution in [2.45, 2.75) is 18.6 Å². The van der Waals surface area contributed by atoms with E-state index in [9.17, 15) is 9.90 Å². The second kappa shape index (κ2) is 9.39. The van der Waals surface area contributed by atoms with Gasteiger partial charge >= 0.3 is 0 Å². The van der Waals surface area contributed by atoms with Crippen molar-refractivity contribution >= 4 is 17.7 Å². The van der Waals surface area contributed by atoms with Crippen LogP contribution in [-0.4, -0.2) is 44.4 Å². The molecule has 27 heavy (non-hydrogen) atoms. The third-order valence-electron chi connectivity index (χ3n) is 4.25. The molecule has 6 heteroatoms. The van der Waals surface area contributed by atoms with Gasteiger partial charge in [-0.25, -0.2) is 4.98 Å². The first-order valence-corrected chi connectivity index (χ1v) is 9.82. The second-order valence-electron chi connectivity index (χ2n) is 6.18. The maximum atomic E-state index is 12.7. The molecule has 0 atom stereocenters. The Hall–Kier alpha value is -2.57. The van der Waals surface area contributed by atoms with Gasteiger partial charge < -0.3 is 10.0 Å². The van der Waals surface area contributed by atoms with Gasteiger partial charge in [0.1, 0.15) is 0 Å². The molecule has 5 nitrogen and oxygen atoms in total. The number of carbonyl (C=O) groups excluding carboxylic acids is 1. The molecule has 0 saturated carbocycles. The van der Waals surface area contributed by atoms with Gasteiger partial charge in [-0.1, -0.05) is 60.3 Å². The number of imidazole rings is 1. The van der Waals surface area contributed by atoms with Crippen LogP contribution in [0.15, 0.2) is 72.1 Å². The van der Waals surface area contributed by atoms with Crippen LogP contribution in [0.25, 0.3) is 5.69 Å². The summed E-state index contributed by atoms with van der Waals surface area (Å²) in [6.07, 6.45) is 3.65. The van der Waals surface area contributed by atoms with E-state index in [-0.39, 0.29) is 18.3 Å². The molecule has 1 heterocycles. The highest BCUT2D eigenvalue weighted by molar-refractivity contribution is 7.99. The number of aliphatic hydroxyl groups is 1. The molecular formula is C21H23N3O2S. The fourth-order valence-electron chi connectivity index (χ4n) is 2.85. The monoisotopic (exact) mass is 381 g/mol. The Morgan fingerprint density at radius 3 is 2.63 bits per heavy atom. The fraction of sp³-hybridized carbons (Fsp3) is 0.238. The number of aryl methyl sites for hydroxylation is 1. The SMILES string of the molecule is Cc1ccccc1-n1ccnc1SCC(=O)N(CCO)Cc1ccccc1. The molecule has 0 bridgehead atoms. The van der Waals surface area contributed by atoms with E-state index in [4.69, 9.17) is 0 Å². The Kier molecular flexibility index (Phi) is 6.68. The van der Waals surface area contributed by atoms with Gasteiger partial charge in [0.25, 0.3) is 0 Å². The van der Waals surface area contributed by atoms with E-state index in [1.54, 1.807) is 11.1 Å². The predicted octanol–water partition coefficient (Wildman–Crippen LogP) is 3.29. The maximum Gasteiger partial charge on any atom is 0.233 e. The Balaban J connectivity index is 1.68. The summed E-state index contributed by atoms with van der Waals surface area (Å²) < 4.78 is 2.00. The summed E-state index contributed by atoms with van der Waals surface area (Å²) in [7, 11) is 0. The van der Waals surface area contributed by atoms with Gasteiger partial charge in [0.05, 0.1) is 18.0 Å².